The van der Waals surface area contributed by atoms with Gasteiger partial charge in [0.2, 0.25) is 0 Å². The van der Waals surface area contributed by atoms with Crippen molar-refractivity contribution in [2.75, 3.05) is 14.1 Å². The minimum absolute atomic E-state index is 0.165. The molecule has 0 fully saturated rings. The second-order valence-corrected chi connectivity index (χ2v) is 10.2. The predicted molar refractivity (Wildman–Crippen MR) is 104 cm³/mol. The highest BCUT2D eigenvalue weighted by atomic mass is 15.1. The first kappa shape index (κ1) is 20.2. The van der Waals surface area contributed by atoms with Crippen LogP contribution >= 0.6 is 0 Å². The standard InChI is InChI=1S/C22H39N/c1-19(2,3)22(8,9)18-14-12-17(13-15-18)20(4,5)16-21(6,7)23(10)11/h12-15H,16H2,1-11H3. The zero-order chi connectivity index (χ0) is 18.3. The van der Waals surface area contributed by atoms with Crippen molar-refractivity contribution in [3.63, 3.8) is 0 Å². The number of hydrogen-bond donors (Lipinski definition) is 0. The van der Waals surface area contributed by atoms with Crippen molar-refractivity contribution in [2.24, 2.45) is 5.41 Å². The fraction of sp³-hybridized carbons (Fsp3) is 0.727. The van der Waals surface area contributed by atoms with Gasteiger partial charge in [-0.15, -0.1) is 0 Å². The molecular weight excluding hydrogens is 278 g/mol. The van der Waals surface area contributed by atoms with E-state index in [1.807, 2.05) is 0 Å². The molecule has 1 aromatic rings. The Labute approximate surface area is 145 Å². The quantitative estimate of drug-likeness (QED) is 0.642. The summed E-state index contributed by atoms with van der Waals surface area (Å²) in [6, 6.07) is 9.36. The summed E-state index contributed by atoms with van der Waals surface area (Å²) in [5.41, 5.74) is 3.62. The first-order valence-corrected chi connectivity index (χ1v) is 8.90. The molecule has 0 aliphatic carbocycles. The molecule has 23 heavy (non-hydrogen) atoms. The van der Waals surface area contributed by atoms with Gasteiger partial charge in [-0.25, -0.2) is 0 Å². The van der Waals surface area contributed by atoms with Crippen molar-refractivity contribution < 1.29 is 0 Å². The van der Waals surface area contributed by atoms with Crippen molar-refractivity contribution in [3.05, 3.63) is 35.4 Å². The molecule has 1 nitrogen and oxygen atoms in total. The predicted octanol–water partition coefficient (Wildman–Crippen LogP) is 6.02. The van der Waals surface area contributed by atoms with Crippen LogP contribution in [0.5, 0.6) is 0 Å². The Morgan fingerprint density at radius 1 is 0.696 bits per heavy atom. The second kappa shape index (κ2) is 6.24. The molecule has 1 rings (SSSR count). The molecule has 0 N–H and O–H groups in total. The van der Waals surface area contributed by atoms with Crippen LogP contribution in [0.4, 0.5) is 0 Å². The molecule has 0 aliphatic rings. The lowest BCUT2D eigenvalue weighted by Crippen LogP contribution is -2.43. The van der Waals surface area contributed by atoms with E-state index in [0.29, 0.717) is 0 Å². The van der Waals surface area contributed by atoms with Crippen molar-refractivity contribution in [1.29, 1.82) is 0 Å². The largest absolute Gasteiger partial charge is 0.304 e. The summed E-state index contributed by atoms with van der Waals surface area (Å²) in [7, 11) is 4.34. The van der Waals surface area contributed by atoms with Gasteiger partial charge in [0.25, 0.3) is 0 Å². The zero-order valence-corrected chi connectivity index (χ0v) is 17.5. The van der Waals surface area contributed by atoms with E-state index < -0.39 is 0 Å². The molecule has 0 heterocycles. The van der Waals surface area contributed by atoms with Gasteiger partial charge in [-0.2, -0.15) is 0 Å². The van der Waals surface area contributed by atoms with Gasteiger partial charge in [-0.3, -0.25) is 0 Å². The molecule has 1 heteroatoms. The lowest BCUT2D eigenvalue weighted by molar-refractivity contribution is 0.150. The fourth-order valence-corrected chi connectivity index (χ4v) is 3.11. The maximum absolute atomic E-state index is 2.36. The summed E-state index contributed by atoms with van der Waals surface area (Å²) < 4.78 is 0. The average molecular weight is 318 g/mol. The van der Waals surface area contributed by atoms with Crippen LogP contribution in [0, 0.1) is 5.41 Å². The van der Waals surface area contributed by atoms with Gasteiger partial charge in [0.1, 0.15) is 0 Å². The van der Waals surface area contributed by atoms with Crippen LogP contribution in [-0.4, -0.2) is 24.5 Å². The summed E-state index contributed by atoms with van der Waals surface area (Å²) >= 11 is 0. The van der Waals surface area contributed by atoms with E-state index in [4.69, 9.17) is 0 Å². The molecule has 0 spiro atoms. The number of nitrogens with zero attached hydrogens (tertiary/aromatic N) is 1. The van der Waals surface area contributed by atoms with Gasteiger partial charge >= 0.3 is 0 Å². The first-order valence-electron chi connectivity index (χ1n) is 8.90. The topological polar surface area (TPSA) is 3.24 Å². The van der Waals surface area contributed by atoms with E-state index in [1.54, 1.807) is 0 Å². The van der Waals surface area contributed by atoms with Crippen LogP contribution in [0.2, 0.25) is 0 Å². The van der Waals surface area contributed by atoms with Crippen LogP contribution in [0.3, 0.4) is 0 Å². The normalized spacial score (nSPS) is 14.4. The summed E-state index contributed by atoms with van der Waals surface area (Å²) in [5.74, 6) is 0. The Bertz CT molecular complexity index is 510. The maximum Gasteiger partial charge on any atom is 0.0155 e. The van der Waals surface area contributed by atoms with E-state index in [2.05, 4.69) is 106 Å². The van der Waals surface area contributed by atoms with E-state index in [1.165, 1.54) is 11.1 Å². The monoisotopic (exact) mass is 317 g/mol. The Morgan fingerprint density at radius 2 is 1.09 bits per heavy atom. The smallest absolute Gasteiger partial charge is 0.0155 e. The van der Waals surface area contributed by atoms with Crippen molar-refractivity contribution >= 4 is 0 Å². The summed E-state index contributed by atoms with van der Waals surface area (Å²) in [4.78, 5) is 2.33. The molecule has 0 atom stereocenters. The summed E-state index contributed by atoms with van der Waals surface area (Å²) in [6.45, 7) is 21.0. The fourth-order valence-electron chi connectivity index (χ4n) is 3.11. The second-order valence-electron chi connectivity index (χ2n) is 10.2. The Hall–Kier alpha value is -0.820. The SMILES string of the molecule is CN(C)C(C)(C)CC(C)(C)c1ccc(C(C)(C)C(C)(C)C)cc1. The van der Waals surface area contributed by atoms with Crippen LogP contribution in [-0.2, 0) is 10.8 Å². The Balaban J connectivity index is 3.09. The molecule has 0 aromatic heterocycles. The third-order valence-corrected chi connectivity index (χ3v) is 6.35. The Morgan fingerprint density at radius 3 is 1.43 bits per heavy atom. The third kappa shape index (κ3) is 4.38. The number of rotatable bonds is 5. The molecule has 132 valence electrons. The third-order valence-electron chi connectivity index (χ3n) is 6.35. The van der Waals surface area contributed by atoms with Gasteiger partial charge in [-0.05, 0) is 61.7 Å². The minimum atomic E-state index is 0.165. The average Bonchev–Trinajstić information content (AvgIpc) is 2.36. The van der Waals surface area contributed by atoms with Crippen LogP contribution in [0.15, 0.2) is 24.3 Å². The molecule has 1 aromatic carbocycles. The van der Waals surface area contributed by atoms with Gasteiger partial charge in [0.15, 0.2) is 0 Å². The van der Waals surface area contributed by atoms with Crippen LogP contribution < -0.4 is 0 Å². The highest BCUT2D eigenvalue weighted by Crippen LogP contribution is 2.42. The first-order chi connectivity index (χ1) is 10.1. The molecular formula is C22H39N. The zero-order valence-electron chi connectivity index (χ0n) is 17.5. The van der Waals surface area contributed by atoms with Crippen LogP contribution in [0.1, 0.15) is 79.9 Å². The van der Waals surface area contributed by atoms with Gasteiger partial charge in [0, 0.05) is 5.54 Å². The maximum atomic E-state index is 2.36. The van der Waals surface area contributed by atoms with Crippen molar-refractivity contribution in [1.82, 2.24) is 4.90 Å². The molecule has 0 saturated heterocycles. The van der Waals surface area contributed by atoms with E-state index in [0.717, 1.165) is 6.42 Å². The molecule has 0 amide bonds. The summed E-state index contributed by atoms with van der Waals surface area (Å²) in [6.07, 6.45) is 1.13. The molecule has 0 saturated carbocycles. The van der Waals surface area contributed by atoms with Crippen LogP contribution in [0.25, 0.3) is 0 Å². The highest BCUT2D eigenvalue weighted by molar-refractivity contribution is 5.33. The summed E-state index contributed by atoms with van der Waals surface area (Å²) in [5, 5.41) is 0. The van der Waals surface area contributed by atoms with Crippen molar-refractivity contribution in [2.45, 2.75) is 85.1 Å². The lowest BCUT2D eigenvalue weighted by Gasteiger charge is -2.41. The van der Waals surface area contributed by atoms with Gasteiger partial charge in [-0.1, -0.05) is 72.7 Å². The molecule has 0 bridgehead atoms. The van der Waals surface area contributed by atoms with E-state index in [-0.39, 0.29) is 21.8 Å². The van der Waals surface area contributed by atoms with Gasteiger partial charge < -0.3 is 4.90 Å². The Kier molecular flexibility index (Phi) is 5.49. The van der Waals surface area contributed by atoms with Gasteiger partial charge in [0.05, 0.1) is 0 Å². The molecule has 0 unspecified atom stereocenters. The lowest BCUT2D eigenvalue weighted by atomic mass is 9.65. The van der Waals surface area contributed by atoms with E-state index >= 15 is 0 Å². The molecule has 0 radical (unpaired) electrons. The van der Waals surface area contributed by atoms with Crippen molar-refractivity contribution in [3.8, 4) is 0 Å². The number of hydrogen-bond acceptors (Lipinski definition) is 1. The minimum Gasteiger partial charge on any atom is -0.304 e. The molecule has 0 aliphatic heterocycles. The highest BCUT2D eigenvalue weighted by Gasteiger charge is 2.35. The van der Waals surface area contributed by atoms with E-state index in [9.17, 15) is 0 Å². The number of benzene rings is 1.